The molecule has 0 saturated carbocycles. The van der Waals surface area contributed by atoms with Gasteiger partial charge in [0.2, 0.25) is 0 Å². The lowest BCUT2D eigenvalue weighted by molar-refractivity contribution is -0.144. The maximum atomic E-state index is 11.3. The van der Waals surface area contributed by atoms with Crippen LogP contribution in [0, 0.1) is 12.8 Å². The van der Waals surface area contributed by atoms with Gasteiger partial charge in [0.15, 0.2) is 0 Å². The number of hydrogen-bond donors (Lipinski definition) is 0. The van der Waals surface area contributed by atoms with E-state index < -0.39 is 0 Å². The molecule has 0 spiro atoms. The van der Waals surface area contributed by atoms with Crippen LogP contribution in [-0.4, -0.2) is 13.1 Å². The summed E-state index contributed by atoms with van der Waals surface area (Å²) in [4.78, 5) is 11.3. The van der Waals surface area contributed by atoms with E-state index in [1.54, 1.807) is 0 Å². The minimum atomic E-state index is -0.151. The highest BCUT2D eigenvalue weighted by molar-refractivity contribution is 5.72. The highest BCUT2D eigenvalue weighted by Gasteiger charge is 2.12. The van der Waals surface area contributed by atoms with Crippen molar-refractivity contribution >= 4 is 12.0 Å². The fourth-order valence-corrected chi connectivity index (χ4v) is 1.77. The van der Waals surface area contributed by atoms with Crippen molar-refractivity contribution in [2.75, 3.05) is 7.11 Å². The molecular weight excluding hydrogens is 212 g/mol. The van der Waals surface area contributed by atoms with Crippen LogP contribution in [0.2, 0.25) is 0 Å². The summed E-state index contributed by atoms with van der Waals surface area (Å²) in [5.41, 5.74) is 3.61. The molecule has 1 aromatic carbocycles. The molecule has 0 amide bonds. The van der Waals surface area contributed by atoms with E-state index in [1.807, 2.05) is 13.8 Å². The number of carbonyl (C=O) groups is 1. The van der Waals surface area contributed by atoms with Gasteiger partial charge in [0, 0.05) is 0 Å². The second-order valence-corrected chi connectivity index (χ2v) is 4.53. The topological polar surface area (TPSA) is 26.3 Å². The molecule has 0 bridgehead atoms. The van der Waals surface area contributed by atoms with E-state index in [9.17, 15) is 4.79 Å². The van der Waals surface area contributed by atoms with E-state index in [0.29, 0.717) is 0 Å². The van der Waals surface area contributed by atoms with Crippen molar-refractivity contribution in [2.45, 2.75) is 27.2 Å². The molecule has 0 aromatic heterocycles. The molecule has 0 heterocycles. The Morgan fingerprint density at radius 1 is 1.35 bits per heavy atom. The number of aryl methyl sites for hydroxylation is 1. The molecule has 0 saturated heterocycles. The molecule has 0 aliphatic carbocycles. The maximum Gasteiger partial charge on any atom is 0.308 e. The van der Waals surface area contributed by atoms with Gasteiger partial charge in [-0.2, -0.15) is 0 Å². The zero-order valence-electron chi connectivity index (χ0n) is 11.0. The van der Waals surface area contributed by atoms with E-state index in [1.165, 1.54) is 23.8 Å². The average molecular weight is 232 g/mol. The predicted octanol–water partition coefficient (Wildman–Crippen LogP) is 3.60. The molecule has 92 valence electrons. The molecule has 17 heavy (non-hydrogen) atoms. The van der Waals surface area contributed by atoms with Gasteiger partial charge in [-0.15, -0.1) is 0 Å². The Morgan fingerprint density at radius 2 is 1.94 bits per heavy atom. The van der Waals surface area contributed by atoms with Crippen LogP contribution in [0.15, 0.2) is 29.8 Å². The Bertz CT molecular complexity index is 401. The van der Waals surface area contributed by atoms with Gasteiger partial charge in [-0.1, -0.05) is 48.4 Å². The monoisotopic (exact) mass is 232 g/mol. The molecule has 0 fully saturated rings. The van der Waals surface area contributed by atoms with Gasteiger partial charge in [0.1, 0.15) is 0 Å². The molecule has 1 atom stereocenters. The molecule has 2 heteroatoms. The van der Waals surface area contributed by atoms with Gasteiger partial charge < -0.3 is 4.74 Å². The second kappa shape index (κ2) is 6.24. The van der Waals surface area contributed by atoms with Crippen molar-refractivity contribution in [3.63, 3.8) is 0 Å². The fourth-order valence-electron chi connectivity index (χ4n) is 1.77. The van der Waals surface area contributed by atoms with Crippen LogP contribution in [-0.2, 0) is 9.53 Å². The highest BCUT2D eigenvalue weighted by Crippen LogP contribution is 2.16. The molecule has 0 radical (unpaired) electrons. The lowest BCUT2D eigenvalue weighted by Crippen LogP contribution is -2.12. The Labute approximate surface area is 103 Å². The Morgan fingerprint density at radius 3 is 2.47 bits per heavy atom. The lowest BCUT2D eigenvalue weighted by atomic mass is 10.0. The van der Waals surface area contributed by atoms with Crippen LogP contribution in [0.3, 0.4) is 0 Å². The van der Waals surface area contributed by atoms with E-state index in [0.717, 1.165) is 6.42 Å². The Balaban J connectivity index is 2.66. The number of allylic oxidation sites excluding steroid dienone is 1. The summed E-state index contributed by atoms with van der Waals surface area (Å²) in [5.74, 6) is -0.233. The molecule has 0 aliphatic rings. The van der Waals surface area contributed by atoms with Gasteiger partial charge in [-0.05, 0) is 25.8 Å². The summed E-state index contributed by atoms with van der Waals surface area (Å²) in [6, 6.07) is 8.34. The first kappa shape index (κ1) is 13.5. The smallest absolute Gasteiger partial charge is 0.308 e. The van der Waals surface area contributed by atoms with Crippen LogP contribution in [0.5, 0.6) is 0 Å². The first-order valence-corrected chi connectivity index (χ1v) is 5.84. The van der Waals surface area contributed by atoms with Gasteiger partial charge >= 0.3 is 5.97 Å². The SMILES string of the molecule is COC(=O)C(C)C/C(C)=C/c1ccc(C)cc1. The fraction of sp³-hybridized carbons (Fsp3) is 0.400. The number of ether oxygens (including phenoxy) is 1. The Kier molecular flexibility index (Phi) is 4.95. The standard InChI is InChI=1S/C15H20O2/c1-11-5-7-14(8-6-11)10-12(2)9-13(3)15(16)17-4/h5-8,10,13H,9H2,1-4H3/b12-10+. The van der Waals surface area contributed by atoms with Crippen LogP contribution >= 0.6 is 0 Å². The molecule has 1 rings (SSSR count). The normalized spacial score (nSPS) is 13.3. The maximum absolute atomic E-state index is 11.3. The zero-order valence-corrected chi connectivity index (χ0v) is 11.0. The zero-order chi connectivity index (χ0) is 12.8. The molecule has 2 nitrogen and oxygen atoms in total. The van der Waals surface area contributed by atoms with Crippen molar-refractivity contribution < 1.29 is 9.53 Å². The van der Waals surface area contributed by atoms with Crippen LogP contribution in [0.1, 0.15) is 31.4 Å². The number of hydrogen-bond acceptors (Lipinski definition) is 2. The number of esters is 1. The minimum Gasteiger partial charge on any atom is -0.469 e. The van der Waals surface area contributed by atoms with Crippen molar-refractivity contribution in [1.29, 1.82) is 0 Å². The second-order valence-electron chi connectivity index (χ2n) is 4.53. The van der Waals surface area contributed by atoms with Gasteiger partial charge in [0.25, 0.3) is 0 Å². The van der Waals surface area contributed by atoms with Crippen molar-refractivity contribution in [3.8, 4) is 0 Å². The van der Waals surface area contributed by atoms with Gasteiger partial charge in [-0.3, -0.25) is 4.79 Å². The molecule has 0 N–H and O–H groups in total. The van der Waals surface area contributed by atoms with E-state index in [2.05, 4.69) is 37.3 Å². The third kappa shape index (κ3) is 4.43. The molecule has 1 aromatic rings. The Hall–Kier alpha value is -1.57. The summed E-state index contributed by atoms with van der Waals surface area (Å²) >= 11 is 0. The summed E-state index contributed by atoms with van der Waals surface area (Å²) in [6.45, 7) is 6.00. The van der Waals surface area contributed by atoms with Crippen molar-refractivity contribution in [1.82, 2.24) is 0 Å². The predicted molar refractivity (Wildman–Crippen MR) is 70.6 cm³/mol. The molecule has 0 aliphatic heterocycles. The third-order valence-electron chi connectivity index (χ3n) is 2.72. The first-order valence-electron chi connectivity index (χ1n) is 5.84. The average Bonchev–Trinajstić information content (AvgIpc) is 2.30. The van der Waals surface area contributed by atoms with Gasteiger partial charge in [0.05, 0.1) is 13.0 Å². The number of benzene rings is 1. The number of methoxy groups -OCH3 is 1. The van der Waals surface area contributed by atoms with Crippen LogP contribution < -0.4 is 0 Å². The van der Waals surface area contributed by atoms with E-state index in [-0.39, 0.29) is 11.9 Å². The van der Waals surface area contributed by atoms with Gasteiger partial charge in [-0.25, -0.2) is 0 Å². The van der Waals surface area contributed by atoms with E-state index in [4.69, 9.17) is 4.74 Å². The van der Waals surface area contributed by atoms with Crippen LogP contribution in [0.25, 0.3) is 6.08 Å². The highest BCUT2D eigenvalue weighted by atomic mass is 16.5. The lowest BCUT2D eigenvalue weighted by Gasteiger charge is -2.09. The van der Waals surface area contributed by atoms with Crippen LogP contribution in [0.4, 0.5) is 0 Å². The molecular formula is C15H20O2. The summed E-state index contributed by atoms with van der Waals surface area (Å²) in [7, 11) is 1.43. The van der Waals surface area contributed by atoms with E-state index >= 15 is 0 Å². The number of rotatable bonds is 4. The van der Waals surface area contributed by atoms with Crippen molar-refractivity contribution in [3.05, 3.63) is 41.0 Å². The van der Waals surface area contributed by atoms with Crippen molar-refractivity contribution in [2.24, 2.45) is 5.92 Å². The summed E-state index contributed by atoms with van der Waals surface area (Å²) < 4.78 is 4.71. The first-order chi connectivity index (χ1) is 8.02. The summed E-state index contributed by atoms with van der Waals surface area (Å²) in [5, 5.41) is 0. The minimum absolute atomic E-state index is 0.0818. The molecule has 1 unspecified atom stereocenters. The quantitative estimate of drug-likeness (QED) is 0.741. The summed E-state index contributed by atoms with van der Waals surface area (Å²) in [6.07, 6.45) is 2.85. The largest absolute Gasteiger partial charge is 0.469 e. The third-order valence-corrected chi connectivity index (χ3v) is 2.72. The number of carbonyl (C=O) groups excluding carboxylic acids is 1.